The van der Waals surface area contributed by atoms with Crippen LogP contribution in [0.15, 0.2) is 18.2 Å². The number of nitrogens with two attached hydrogens (primary N) is 1. The molecule has 5 heteroatoms. The number of benzene rings is 1. The number of aryl methyl sites for hydroxylation is 1. The van der Waals surface area contributed by atoms with Crippen LogP contribution < -0.4 is 10.6 Å². The van der Waals surface area contributed by atoms with Crippen LogP contribution in [0.2, 0.25) is 5.28 Å². The van der Waals surface area contributed by atoms with Crippen molar-refractivity contribution < 1.29 is 0 Å². The van der Waals surface area contributed by atoms with Crippen LogP contribution in [0, 0.1) is 6.92 Å². The molecule has 0 bridgehead atoms. The van der Waals surface area contributed by atoms with Gasteiger partial charge in [-0.1, -0.05) is 6.07 Å². The highest BCUT2D eigenvalue weighted by Gasteiger charge is 2.18. The summed E-state index contributed by atoms with van der Waals surface area (Å²) >= 11 is 6.09. The molecule has 1 aliphatic heterocycles. The minimum atomic E-state index is 0.297. The van der Waals surface area contributed by atoms with E-state index in [-0.39, 0.29) is 0 Å². The van der Waals surface area contributed by atoms with Crippen molar-refractivity contribution in [1.29, 1.82) is 0 Å². The van der Waals surface area contributed by atoms with Gasteiger partial charge < -0.3 is 10.6 Å². The van der Waals surface area contributed by atoms with E-state index in [1.807, 2.05) is 0 Å². The van der Waals surface area contributed by atoms with Crippen LogP contribution in [0.1, 0.15) is 24.8 Å². The summed E-state index contributed by atoms with van der Waals surface area (Å²) in [6.07, 6.45) is 3.16. The van der Waals surface area contributed by atoms with Gasteiger partial charge in [-0.3, -0.25) is 0 Å². The maximum absolute atomic E-state index is 6.09. The second kappa shape index (κ2) is 5.54. The number of anilines is 1. The molecule has 2 N–H and O–H groups in total. The molecule has 4 nitrogen and oxygen atoms in total. The van der Waals surface area contributed by atoms with Gasteiger partial charge in [0.15, 0.2) is 0 Å². The highest BCUT2D eigenvalue weighted by molar-refractivity contribution is 6.28. The first-order chi connectivity index (χ1) is 9.63. The number of aromatic nitrogens is 2. The van der Waals surface area contributed by atoms with Gasteiger partial charge in [0, 0.05) is 24.5 Å². The molecule has 20 heavy (non-hydrogen) atoms. The molecule has 0 amide bonds. The van der Waals surface area contributed by atoms with Gasteiger partial charge in [-0.15, -0.1) is 0 Å². The Morgan fingerprint density at radius 1 is 1.25 bits per heavy atom. The van der Waals surface area contributed by atoms with E-state index in [1.54, 1.807) is 0 Å². The van der Waals surface area contributed by atoms with Crippen LogP contribution >= 0.6 is 11.6 Å². The number of rotatable bonds is 1. The highest BCUT2D eigenvalue weighted by atomic mass is 35.5. The van der Waals surface area contributed by atoms with Crippen LogP contribution in [0.5, 0.6) is 0 Å². The molecular weight excluding hydrogens is 272 g/mol. The van der Waals surface area contributed by atoms with E-state index in [0.717, 1.165) is 49.1 Å². The first kappa shape index (κ1) is 13.6. The van der Waals surface area contributed by atoms with Gasteiger partial charge in [0.2, 0.25) is 5.28 Å². The van der Waals surface area contributed by atoms with Crippen molar-refractivity contribution in [3.63, 3.8) is 0 Å². The van der Waals surface area contributed by atoms with Gasteiger partial charge in [0.1, 0.15) is 5.82 Å². The van der Waals surface area contributed by atoms with Crippen molar-refractivity contribution in [2.45, 2.75) is 32.2 Å². The van der Waals surface area contributed by atoms with Gasteiger partial charge in [-0.25, -0.2) is 4.98 Å². The second-order valence-electron chi connectivity index (χ2n) is 5.51. The molecule has 0 saturated carbocycles. The molecule has 2 heterocycles. The topological polar surface area (TPSA) is 55.0 Å². The SMILES string of the molecule is Cc1ccc2c(N3CCCC(N)CC3)nc(Cl)nc2c1. The Hall–Kier alpha value is -1.39. The smallest absolute Gasteiger partial charge is 0.224 e. The Kier molecular flexibility index (Phi) is 3.76. The number of halogens is 1. The summed E-state index contributed by atoms with van der Waals surface area (Å²) < 4.78 is 0. The summed E-state index contributed by atoms with van der Waals surface area (Å²) in [7, 11) is 0. The maximum atomic E-state index is 6.09. The molecule has 1 atom stereocenters. The summed E-state index contributed by atoms with van der Waals surface area (Å²) in [5.41, 5.74) is 8.14. The lowest BCUT2D eigenvalue weighted by molar-refractivity contribution is 0.601. The fraction of sp³-hybridized carbons (Fsp3) is 0.467. The van der Waals surface area contributed by atoms with Crippen LogP contribution in [0.3, 0.4) is 0 Å². The van der Waals surface area contributed by atoms with E-state index in [9.17, 15) is 0 Å². The Morgan fingerprint density at radius 2 is 2.10 bits per heavy atom. The van der Waals surface area contributed by atoms with Crippen LogP contribution in [-0.2, 0) is 0 Å². The monoisotopic (exact) mass is 290 g/mol. The first-order valence-corrected chi connectivity index (χ1v) is 7.46. The number of hydrogen-bond donors (Lipinski definition) is 1. The number of nitrogens with zero attached hydrogens (tertiary/aromatic N) is 3. The molecule has 0 radical (unpaired) electrons. The zero-order valence-electron chi connectivity index (χ0n) is 11.6. The molecule has 3 rings (SSSR count). The molecule has 1 saturated heterocycles. The molecule has 1 aromatic heterocycles. The maximum Gasteiger partial charge on any atom is 0.224 e. The molecule has 1 unspecified atom stereocenters. The quantitative estimate of drug-likeness (QED) is 0.821. The van der Waals surface area contributed by atoms with Crippen molar-refractivity contribution >= 4 is 28.3 Å². The van der Waals surface area contributed by atoms with E-state index >= 15 is 0 Å². The third kappa shape index (κ3) is 2.72. The third-order valence-corrected chi connectivity index (χ3v) is 4.05. The van der Waals surface area contributed by atoms with Crippen molar-refractivity contribution in [2.75, 3.05) is 18.0 Å². The van der Waals surface area contributed by atoms with Crippen LogP contribution in [-0.4, -0.2) is 29.1 Å². The highest BCUT2D eigenvalue weighted by Crippen LogP contribution is 2.27. The Morgan fingerprint density at radius 3 is 2.95 bits per heavy atom. The van der Waals surface area contributed by atoms with Crippen LogP contribution in [0.25, 0.3) is 10.9 Å². The van der Waals surface area contributed by atoms with Crippen LogP contribution in [0.4, 0.5) is 5.82 Å². The molecule has 106 valence electrons. The molecule has 0 spiro atoms. The normalized spacial score (nSPS) is 20.1. The van der Waals surface area contributed by atoms with E-state index in [0.29, 0.717) is 11.3 Å². The van der Waals surface area contributed by atoms with E-state index in [2.05, 4.69) is 40.0 Å². The first-order valence-electron chi connectivity index (χ1n) is 7.08. The minimum absolute atomic E-state index is 0.297. The molecule has 0 aliphatic carbocycles. The fourth-order valence-electron chi connectivity index (χ4n) is 2.77. The summed E-state index contributed by atoms with van der Waals surface area (Å²) in [5, 5.41) is 1.38. The fourth-order valence-corrected chi connectivity index (χ4v) is 2.94. The lowest BCUT2D eigenvalue weighted by Gasteiger charge is -2.23. The average molecular weight is 291 g/mol. The summed E-state index contributed by atoms with van der Waals surface area (Å²) in [6, 6.07) is 6.52. The van der Waals surface area contributed by atoms with Crippen molar-refractivity contribution in [3.05, 3.63) is 29.0 Å². The Labute approximate surface area is 124 Å². The number of hydrogen-bond acceptors (Lipinski definition) is 4. The van der Waals surface area contributed by atoms with Gasteiger partial charge in [0.05, 0.1) is 5.52 Å². The van der Waals surface area contributed by atoms with Gasteiger partial charge in [-0.05, 0) is 55.5 Å². The van der Waals surface area contributed by atoms with E-state index in [1.165, 1.54) is 5.56 Å². The largest absolute Gasteiger partial charge is 0.356 e. The third-order valence-electron chi connectivity index (χ3n) is 3.88. The molecular formula is C15H19ClN4. The zero-order valence-corrected chi connectivity index (χ0v) is 12.4. The lowest BCUT2D eigenvalue weighted by atomic mass is 10.1. The second-order valence-corrected chi connectivity index (χ2v) is 5.85. The van der Waals surface area contributed by atoms with Crippen molar-refractivity contribution in [2.24, 2.45) is 5.73 Å². The van der Waals surface area contributed by atoms with E-state index in [4.69, 9.17) is 17.3 Å². The van der Waals surface area contributed by atoms with E-state index < -0.39 is 0 Å². The summed E-state index contributed by atoms with van der Waals surface area (Å²) in [5.74, 6) is 0.939. The molecule has 1 fully saturated rings. The molecule has 1 aromatic carbocycles. The van der Waals surface area contributed by atoms with Gasteiger partial charge in [-0.2, -0.15) is 4.98 Å². The Bertz CT molecular complexity index is 623. The van der Waals surface area contributed by atoms with Crippen molar-refractivity contribution in [3.8, 4) is 0 Å². The van der Waals surface area contributed by atoms with Crippen molar-refractivity contribution in [1.82, 2.24) is 9.97 Å². The summed E-state index contributed by atoms with van der Waals surface area (Å²) in [4.78, 5) is 11.1. The molecule has 1 aliphatic rings. The standard InChI is InChI=1S/C15H19ClN4/c1-10-4-5-12-13(9-10)18-15(16)19-14(12)20-7-2-3-11(17)6-8-20/h4-5,9,11H,2-3,6-8,17H2,1H3. The minimum Gasteiger partial charge on any atom is -0.356 e. The predicted molar refractivity (Wildman–Crippen MR) is 83.3 cm³/mol. The zero-order chi connectivity index (χ0) is 14.1. The van der Waals surface area contributed by atoms with Gasteiger partial charge >= 0.3 is 0 Å². The van der Waals surface area contributed by atoms with Gasteiger partial charge in [0.25, 0.3) is 0 Å². The lowest BCUT2D eigenvalue weighted by Crippen LogP contribution is -2.27. The predicted octanol–water partition coefficient (Wildman–Crippen LogP) is 2.91. The average Bonchev–Trinajstić information content (AvgIpc) is 2.62. The number of fused-ring (bicyclic) bond motifs is 1. The summed E-state index contributed by atoms with van der Waals surface area (Å²) in [6.45, 7) is 3.96. The molecule has 2 aromatic rings. The Balaban J connectivity index is 2.05.